The molecule has 9 heteroatoms. The molecule has 0 aromatic heterocycles. The molecule has 0 saturated heterocycles. The number of nitrogens with one attached hydrogen (secondary N) is 1. The van der Waals surface area contributed by atoms with Gasteiger partial charge in [0.25, 0.3) is 11.5 Å². The molecule has 1 aromatic carbocycles. The van der Waals surface area contributed by atoms with Crippen LogP contribution in [0.3, 0.4) is 0 Å². The first kappa shape index (κ1) is 16.6. The molecule has 0 radical (unpaired) electrons. The third kappa shape index (κ3) is 4.88. The highest BCUT2D eigenvalue weighted by molar-refractivity contribution is 6.00. The van der Waals surface area contributed by atoms with Gasteiger partial charge in [0.05, 0.1) is 10.6 Å². The van der Waals surface area contributed by atoms with E-state index >= 15 is 0 Å². The molecule has 1 aromatic rings. The van der Waals surface area contributed by atoms with Crippen LogP contribution in [-0.4, -0.2) is 36.0 Å². The van der Waals surface area contributed by atoms with Gasteiger partial charge in [-0.15, -0.1) is 0 Å². The lowest BCUT2D eigenvalue weighted by molar-refractivity contribution is -0.384. The molecule has 0 aliphatic rings. The second-order valence-corrected chi connectivity index (χ2v) is 4.23. The Bertz CT molecular complexity index is 565. The van der Waals surface area contributed by atoms with Gasteiger partial charge in [-0.2, -0.15) is 13.2 Å². The van der Waals surface area contributed by atoms with Crippen LogP contribution < -0.4 is 5.43 Å². The molecule has 0 heterocycles. The number of hydrogen-bond donors (Lipinski definition) is 1. The van der Waals surface area contributed by atoms with Gasteiger partial charge in [-0.3, -0.25) is 14.9 Å². The van der Waals surface area contributed by atoms with Crippen molar-refractivity contribution < 1.29 is 22.9 Å². The monoisotopic (exact) mass is 303 g/mol. The first-order chi connectivity index (χ1) is 9.61. The number of benzene rings is 1. The molecule has 1 N–H and O–H groups in total. The van der Waals surface area contributed by atoms with E-state index < -0.39 is 16.9 Å². The summed E-state index contributed by atoms with van der Waals surface area (Å²) in [4.78, 5) is 20.9. The number of carbonyl (C=O) groups is 1. The van der Waals surface area contributed by atoms with Gasteiger partial charge >= 0.3 is 6.18 Å². The van der Waals surface area contributed by atoms with Crippen LogP contribution >= 0.6 is 0 Å². The predicted molar refractivity (Wildman–Crippen MR) is 69.0 cm³/mol. The summed E-state index contributed by atoms with van der Waals surface area (Å²) < 4.78 is 36.9. The Balaban J connectivity index is 3.16. The third-order valence-electron chi connectivity index (χ3n) is 2.29. The van der Waals surface area contributed by atoms with Crippen molar-refractivity contribution in [2.24, 2.45) is 0 Å². The summed E-state index contributed by atoms with van der Waals surface area (Å²) in [6.07, 6.45) is -4.58. The molecule has 6 nitrogen and oxygen atoms in total. The Morgan fingerprint density at radius 3 is 2.19 bits per heavy atom. The zero-order valence-electron chi connectivity index (χ0n) is 11.1. The van der Waals surface area contributed by atoms with Crippen LogP contribution in [0.25, 0.3) is 5.70 Å². The van der Waals surface area contributed by atoms with E-state index in [1.807, 2.05) is 0 Å². The molecule has 0 spiro atoms. The van der Waals surface area contributed by atoms with Crippen LogP contribution in [0.2, 0.25) is 0 Å². The first-order valence-electron chi connectivity index (χ1n) is 5.63. The Labute approximate surface area is 118 Å². The Kier molecular flexibility index (Phi) is 5.03. The molecule has 0 fully saturated rings. The molecule has 0 saturated carbocycles. The number of ketones is 1. The van der Waals surface area contributed by atoms with Crippen LogP contribution in [0.15, 0.2) is 30.3 Å². The summed E-state index contributed by atoms with van der Waals surface area (Å²) >= 11 is 0. The fourth-order valence-corrected chi connectivity index (χ4v) is 1.40. The SMILES string of the molecule is CN(C)N/C(=C\C(=O)C(F)(F)F)c1ccc([N+](=O)[O-])cc1. The number of hydrogen-bond acceptors (Lipinski definition) is 5. The largest absolute Gasteiger partial charge is 0.454 e. The third-order valence-corrected chi connectivity index (χ3v) is 2.29. The minimum absolute atomic E-state index is 0.114. The summed E-state index contributed by atoms with van der Waals surface area (Å²) in [5, 5.41) is 11.9. The maximum Gasteiger partial charge on any atom is 0.454 e. The second-order valence-electron chi connectivity index (χ2n) is 4.23. The number of allylic oxidation sites excluding steroid dienone is 1. The molecule has 1 rings (SSSR count). The fraction of sp³-hybridized carbons (Fsp3) is 0.250. The number of nitrogens with zero attached hydrogens (tertiary/aromatic N) is 2. The van der Waals surface area contributed by atoms with Crippen molar-refractivity contribution >= 4 is 17.2 Å². The second kappa shape index (κ2) is 6.35. The molecular formula is C12H12F3N3O3. The number of rotatable bonds is 5. The van der Waals surface area contributed by atoms with Crippen molar-refractivity contribution in [3.05, 3.63) is 46.0 Å². The van der Waals surface area contributed by atoms with Crippen molar-refractivity contribution in [2.45, 2.75) is 6.18 Å². The van der Waals surface area contributed by atoms with E-state index in [0.717, 1.165) is 12.1 Å². The van der Waals surface area contributed by atoms with Gasteiger partial charge in [-0.05, 0) is 17.7 Å². The van der Waals surface area contributed by atoms with E-state index in [4.69, 9.17) is 0 Å². The van der Waals surface area contributed by atoms with Gasteiger partial charge in [0.15, 0.2) is 0 Å². The molecule has 0 aliphatic carbocycles. The maximum absolute atomic E-state index is 12.3. The molecule has 0 unspecified atom stereocenters. The van der Waals surface area contributed by atoms with Crippen LogP contribution in [0, 0.1) is 10.1 Å². The Morgan fingerprint density at radius 2 is 1.81 bits per heavy atom. The van der Waals surface area contributed by atoms with Crippen molar-refractivity contribution in [3.63, 3.8) is 0 Å². The van der Waals surface area contributed by atoms with Crippen LogP contribution in [-0.2, 0) is 4.79 Å². The number of nitro benzene ring substituents is 1. The number of carbonyl (C=O) groups excluding carboxylic acids is 1. The number of hydrazine groups is 1. The lowest BCUT2D eigenvalue weighted by Crippen LogP contribution is -2.30. The standard InChI is InChI=1S/C12H12F3N3O3/c1-17(2)16-10(7-11(19)12(13,14)15)8-3-5-9(6-4-8)18(20)21/h3-7,16H,1-2H3/b10-7-. The molecule has 0 aliphatic heterocycles. The minimum atomic E-state index is -4.99. The summed E-state index contributed by atoms with van der Waals surface area (Å²) in [5.41, 5.74) is 2.45. The predicted octanol–water partition coefficient (Wildman–Crippen LogP) is 2.13. The van der Waals surface area contributed by atoms with Crippen molar-refractivity contribution in [3.8, 4) is 0 Å². The highest BCUT2D eigenvalue weighted by Crippen LogP contribution is 2.21. The zero-order valence-corrected chi connectivity index (χ0v) is 11.1. The van der Waals surface area contributed by atoms with Crippen LogP contribution in [0.4, 0.5) is 18.9 Å². The number of non-ortho nitro benzene ring substituents is 1. The average Bonchev–Trinajstić information content (AvgIpc) is 2.36. The quantitative estimate of drug-likeness (QED) is 0.512. The molecule has 21 heavy (non-hydrogen) atoms. The first-order valence-corrected chi connectivity index (χ1v) is 5.63. The molecule has 114 valence electrons. The summed E-state index contributed by atoms with van der Waals surface area (Å²) in [7, 11) is 3.05. The zero-order chi connectivity index (χ0) is 16.2. The molecule has 0 amide bonds. The summed E-state index contributed by atoms with van der Waals surface area (Å²) in [6.45, 7) is 0. The van der Waals surface area contributed by atoms with Gasteiger partial charge in [0.2, 0.25) is 0 Å². The van der Waals surface area contributed by atoms with Crippen LogP contribution in [0.1, 0.15) is 5.56 Å². The minimum Gasteiger partial charge on any atom is -0.319 e. The molecule has 0 bridgehead atoms. The van der Waals surface area contributed by atoms with Gasteiger partial charge < -0.3 is 5.43 Å². The van der Waals surface area contributed by atoms with E-state index in [0.29, 0.717) is 6.08 Å². The van der Waals surface area contributed by atoms with Crippen molar-refractivity contribution in [1.82, 2.24) is 10.4 Å². The van der Waals surface area contributed by atoms with Crippen molar-refractivity contribution in [1.29, 1.82) is 0 Å². The fourth-order valence-electron chi connectivity index (χ4n) is 1.40. The molecule has 0 atom stereocenters. The highest BCUT2D eigenvalue weighted by Gasteiger charge is 2.37. The lowest BCUT2D eigenvalue weighted by Gasteiger charge is -2.17. The molecular weight excluding hydrogens is 291 g/mol. The van der Waals surface area contributed by atoms with Crippen LogP contribution in [0.5, 0.6) is 0 Å². The van der Waals surface area contributed by atoms with E-state index in [1.165, 1.54) is 31.2 Å². The lowest BCUT2D eigenvalue weighted by atomic mass is 10.1. The Morgan fingerprint density at radius 1 is 1.29 bits per heavy atom. The summed E-state index contributed by atoms with van der Waals surface area (Å²) in [6, 6.07) is 4.78. The smallest absolute Gasteiger partial charge is 0.319 e. The summed E-state index contributed by atoms with van der Waals surface area (Å²) in [5.74, 6) is -2.02. The van der Waals surface area contributed by atoms with Gasteiger partial charge in [-0.25, -0.2) is 5.01 Å². The number of nitro groups is 1. The topological polar surface area (TPSA) is 75.5 Å². The van der Waals surface area contributed by atoms with Crippen molar-refractivity contribution in [2.75, 3.05) is 14.1 Å². The number of alkyl halides is 3. The van der Waals surface area contributed by atoms with E-state index in [2.05, 4.69) is 5.43 Å². The maximum atomic E-state index is 12.3. The van der Waals surface area contributed by atoms with E-state index in [1.54, 1.807) is 0 Å². The highest BCUT2D eigenvalue weighted by atomic mass is 19.4. The average molecular weight is 303 g/mol. The number of halogens is 3. The van der Waals surface area contributed by atoms with E-state index in [-0.39, 0.29) is 16.9 Å². The Hall–Kier alpha value is -2.42. The van der Waals surface area contributed by atoms with Gasteiger partial charge in [0, 0.05) is 32.3 Å². The van der Waals surface area contributed by atoms with E-state index in [9.17, 15) is 28.1 Å². The van der Waals surface area contributed by atoms with Gasteiger partial charge in [-0.1, -0.05) is 0 Å². The normalized spacial score (nSPS) is 12.4. The van der Waals surface area contributed by atoms with Gasteiger partial charge in [0.1, 0.15) is 0 Å².